The van der Waals surface area contributed by atoms with Crippen molar-refractivity contribution in [3.05, 3.63) is 94.1 Å². The zero-order chi connectivity index (χ0) is 26.9. The van der Waals surface area contributed by atoms with Crippen LogP contribution in [0.1, 0.15) is 47.7 Å². The molecule has 1 aliphatic heterocycles. The fraction of sp³-hybridized carbons (Fsp3) is 0.290. The molecule has 6 nitrogen and oxygen atoms in total. The highest BCUT2D eigenvalue weighted by Gasteiger charge is 2.47. The predicted octanol–water partition coefficient (Wildman–Crippen LogP) is 6.28. The van der Waals surface area contributed by atoms with Crippen molar-refractivity contribution in [2.75, 3.05) is 18.6 Å². The van der Waals surface area contributed by atoms with Crippen molar-refractivity contribution < 1.29 is 24.2 Å². The van der Waals surface area contributed by atoms with Crippen molar-refractivity contribution in [2.45, 2.75) is 40.7 Å². The van der Waals surface area contributed by atoms with E-state index in [0.717, 1.165) is 16.7 Å². The third-order valence-corrected chi connectivity index (χ3v) is 6.67. The van der Waals surface area contributed by atoms with Gasteiger partial charge in [-0.05, 0) is 91.4 Å². The number of anilines is 1. The van der Waals surface area contributed by atoms with Crippen LogP contribution >= 0.6 is 0 Å². The van der Waals surface area contributed by atoms with Crippen molar-refractivity contribution >= 4 is 23.1 Å². The van der Waals surface area contributed by atoms with E-state index < -0.39 is 17.7 Å². The largest absolute Gasteiger partial charge is 0.507 e. The van der Waals surface area contributed by atoms with Gasteiger partial charge in [0.15, 0.2) is 0 Å². The standard InChI is InChI=1S/C31H33NO5/c1-18(2)17-37-26-14-10-23(15-21(26)5)29(33)27-28(22-8-12-25(36-6)13-9-22)32(31(35)30(27)34)24-11-7-19(3)20(4)16-24/h7-16,18,28,33H,17H2,1-6H3/b29-27+. The summed E-state index contributed by atoms with van der Waals surface area (Å²) in [5.74, 6) is 0.114. The van der Waals surface area contributed by atoms with E-state index in [-0.39, 0.29) is 11.3 Å². The van der Waals surface area contributed by atoms with Crippen LogP contribution in [0.4, 0.5) is 5.69 Å². The summed E-state index contributed by atoms with van der Waals surface area (Å²) in [4.78, 5) is 28.3. The van der Waals surface area contributed by atoms with Gasteiger partial charge in [-0.2, -0.15) is 0 Å². The normalized spacial score (nSPS) is 16.9. The van der Waals surface area contributed by atoms with E-state index in [4.69, 9.17) is 9.47 Å². The molecule has 0 aliphatic carbocycles. The summed E-state index contributed by atoms with van der Waals surface area (Å²) in [5, 5.41) is 11.5. The monoisotopic (exact) mass is 499 g/mol. The van der Waals surface area contributed by atoms with E-state index in [1.165, 1.54) is 4.90 Å². The fourth-order valence-electron chi connectivity index (χ4n) is 4.45. The summed E-state index contributed by atoms with van der Waals surface area (Å²) in [5.41, 5.74) is 4.69. The van der Waals surface area contributed by atoms with Crippen LogP contribution in [0.25, 0.3) is 5.76 Å². The molecule has 1 aliphatic rings. The molecule has 0 bridgehead atoms. The van der Waals surface area contributed by atoms with Gasteiger partial charge in [0.1, 0.15) is 17.3 Å². The molecule has 1 amide bonds. The number of methoxy groups -OCH3 is 1. The Kier molecular flexibility index (Phi) is 7.39. The van der Waals surface area contributed by atoms with Crippen molar-refractivity contribution in [1.82, 2.24) is 0 Å². The van der Waals surface area contributed by atoms with E-state index in [1.807, 2.05) is 51.1 Å². The number of aliphatic hydroxyl groups is 1. The first kappa shape index (κ1) is 26.0. The Bertz CT molecular complexity index is 1370. The van der Waals surface area contributed by atoms with Crippen LogP contribution in [-0.4, -0.2) is 30.5 Å². The van der Waals surface area contributed by atoms with Crippen molar-refractivity contribution in [3.63, 3.8) is 0 Å². The molecule has 4 rings (SSSR count). The number of carbonyl (C=O) groups is 2. The Hall–Kier alpha value is -4.06. The molecule has 3 aromatic rings. The number of aryl methyl sites for hydroxylation is 3. The molecule has 1 atom stereocenters. The number of hydrogen-bond acceptors (Lipinski definition) is 5. The number of rotatable bonds is 7. The lowest BCUT2D eigenvalue weighted by Crippen LogP contribution is -2.29. The van der Waals surface area contributed by atoms with E-state index in [0.29, 0.717) is 40.8 Å². The molecule has 1 unspecified atom stereocenters. The first-order valence-electron chi connectivity index (χ1n) is 12.4. The molecule has 1 fully saturated rings. The topological polar surface area (TPSA) is 76.1 Å². The Morgan fingerprint density at radius 3 is 2.22 bits per heavy atom. The van der Waals surface area contributed by atoms with Crippen LogP contribution in [0.5, 0.6) is 11.5 Å². The molecule has 6 heteroatoms. The molecule has 37 heavy (non-hydrogen) atoms. The summed E-state index contributed by atoms with van der Waals surface area (Å²) < 4.78 is 11.2. The number of Topliss-reactive ketones (excluding diaryl/α,β-unsaturated/α-hetero) is 1. The smallest absolute Gasteiger partial charge is 0.300 e. The van der Waals surface area contributed by atoms with Crippen molar-refractivity contribution in [1.29, 1.82) is 0 Å². The van der Waals surface area contributed by atoms with Gasteiger partial charge in [0.05, 0.1) is 25.3 Å². The molecule has 1 N–H and O–H groups in total. The molecule has 0 saturated carbocycles. The number of aliphatic hydroxyl groups excluding tert-OH is 1. The molecule has 1 saturated heterocycles. The number of ether oxygens (including phenoxy) is 2. The molecular weight excluding hydrogens is 466 g/mol. The summed E-state index contributed by atoms with van der Waals surface area (Å²) in [6.45, 7) is 10.6. The summed E-state index contributed by atoms with van der Waals surface area (Å²) in [6, 6.07) is 17.3. The molecule has 0 aromatic heterocycles. The number of nitrogens with zero attached hydrogens (tertiary/aromatic N) is 1. The van der Waals surface area contributed by atoms with Gasteiger partial charge in [0.2, 0.25) is 0 Å². The van der Waals surface area contributed by atoms with Crippen LogP contribution in [0.2, 0.25) is 0 Å². The second kappa shape index (κ2) is 10.5. The predicted molar refractivity (Wildman–Crippen MR) is 145 cm³/mol. The Balaban J connectivity index is 1.86. The van der Waals surface area contributed by atoms with Crippen LogP contribution in [-0.2, 0) is 9.59 Å². The number of amides is 1. The Labute approximate surface area is 218 Å². The van der Waals surface area contributed by atoms with E-state index in [2.05, 4.69) is 13.8 Å². The summed E-state index contributed by atoms with van der Waals surface area (Å²) in [7, 11) is 1.58. The maximum atomic E-state index is 13.4. The number of ketones is 1. The average molecular weight is 500 g/mol. The highest BCUT2D eigenvalue weighted by molar-refractivity contribution is 6.51. The van der Waals surface area contributed by atoms with Gasteiger partial charge in [-0.25, -0.2) is 0 Å². The maximum Gasteiger partial charge on any atom is 0.300 e. The lowest BCUT2D eigenvalue weighted by Gasteiger charge is -2.26. The first-order valence-corrected chi connectivity index (χ1v) is 12.4. The van der Waals surface area contributed by atoms with Gasteiger partial charge in [-0.1, -0.05) is 32.0 Å². The SMILES string of the molecule is COc1ccc(C2/C(=C(\O)c3ccc(OCC(C)C)c(C)c3)C(=O)C(=O)N2c2ccc(C)c(C)c2)cc1. The second-order valence-electron chi connectivity index (χ2n) is 9.90. The molecule has 192 valence electrons. The molecule has 3 aromatic carbocycles. The van der Waals surface area contributed by atoms with Crippen LogP contribution in [0.3, 0.4) is 0 Å². The average Bonchev–Trinajstić information content (AvgIpc) is 3.14. The van der Waals surface area contributed by atoms with Crippen molar-refractivity contribution in [2.24, 2.45) is 5.92 Å². The van der Waals surface area contributed by atoms with Gasteiger partial charge in [0.25, 0.3) is 11.7 Å². The molecule has 0 spiro atoms. The maximum absolute atomic E-state index is 13.4. The van der Waals surface area contributed by atoms with Gasteiger partial charge in [-0.3, -0.25) is 14.5 Å². The lowest BCUT2D eigenvalue weighted by atomic mass is 9.94. The number of hydrogen-bond donors (Lipinski definition) is 1. The minimum atomic E-state index is -0.801. The minimum absolute atomic E-state index is 0.0450. The van der Waals surface area contributed by atoms with Gasteiger partial charge in [-0.15, -0.1) is 0 Å². The Morgan fingerprint density at radius 1 is 0.919 bits per heavy atom. The minimum Gasteiger partial charge on any atom is -0.507 e. The first-order chi connectivity index (χ1) is 17.6. The number of carbonyl (C=O) groups excluding carboxylic acids is 2. The molecular formula is C31H33NO5. The van der Waals surface area contributed by atoms with Crippen molar-refractivity contribution in [3.8, 4) is 11.5 Å². The van der Waals surface area contributed by atoms with Gasteiger partial charge >= 0.3 is 0 Å². The molecule has 1 heterocycles. The van der Waals surface area contributed by atoms with E-state index >= 15 is 0 Å². The van der Waals surface area contributed by atoms with E-state index in [1.54, 1.807) is 37.4 Å². The van der Waals surface area contributed by atoms with E-state index in [9.17, 15) is 14.7 Å². The third kappa shape index (κ3) is 5.10. The summed E-state index contributed by atoms with van der Waals surface area (Å²) >= 11 is 0. The zero-order valence-electron chi connectivity index (χ0n) is 22.2. The fourth-order valence-corrected chi connectivity index (χ4v) is 4.45. The second-order valence-corrected chi connectivity index (χ2v) is 9.90. The van der Waals surface area contributed by atoms with Gasteiger partial charge in [0, 0.05) is 11.3 Å². The third-order valence-electron chi connectivity index (χ3n) is 6.67. The molecule has 0 radical (unpaired) electrons. The highest BCUT2D eigenvalue weighted by Crippen LogP contribution is 2.43. The lowest BCUT2D eigenvalue weighted by molar-refractivity contribution is -0.132. The van der Waals surface area contributed by atoms with Crippen LogP contribution < -0.4 is 14.4 Å². The summed E-state index contributed by atoms with van der Waals surface area (Å²) in [6.07, 6.45) is 0. The van der Waals surface area contributed by atoms with Gasteiger partial charge < -0.3 is 14.6 Å². The Morgan fingerprint density at radius 2 is 1.62 bits per heavy atom. The highest BCUT2D eigenvalue weighted by atomic mass is 16.5. The quantitative estimate of drug-likeness (QED) is 0.235. The zero-order valence-corrected chi connectivity index (χ0v) is 22.2. The number of benzene rings is 3. The van der Waals surface area contributed by atoms with Crippen LogP contribution in [0.15, 0.2) is 66.2 Å². The van der Waals surface area contributed by atoms with Crippen LogP contribution in [0, 0.1) is 26.7 Å².